The van der Waals surface area contributed by atoms with Crippen LogP contribution in [0, 0.1) is 0 Å². The number of piperazine rings is 1. The van der Waals surface area contributed by atoms with Gasteiger partial charge in [-0.25, -0.2) is 0 Å². The van der Waals surface area contributed by atoms with Crippen LogP contribution in [0.4, 0.5) is 0 Å². The van der Waals surface area contributed by atoms with Gasteiger partial charge in [-0.3, -0.25) is 9.69 Å². The van der Waals surface area contributed by atoms with Gasteiger partial charge in [0.25, 0.3) is 0 Å². The Hall–Kier alpha value is -2.73. The van der Waals surface area contributed by atoms with Gasteiger partial charge in [-0.05, 0) is 41.3 Å². The van der Waals surface area contributed by atoms with Gasteiger partial charge in [0, 0.05) is 50.6 Å². The number of aromatic nitrogens is 3. The Morgan fingerprint density at radius 2 is 2.00 bits per heavy atom. The van der Waals surface area contributed by atoms with Gasteiger partial charge >= 0.3 is 0 Å². The number of benzene rings is 1. The first-order chi connectivity index (χ1) is 12.3. The van der Waals surface area contributed by atoms with Crippen molar-refractivity contribution in [3.8, 4) is 0 Å². The first kappa shape index (κ1) is 15.8. The van der Waals surface area contributed by atoms with Crippen LogP contribution in [-0.2, 0) is 17.8 Å². The van der Waals surface area contributed by atoms with Crippen molar-refractivity contribution in [2.24, 2.45) is 0 Å². The minimum atomic E-state index is 0.133. The number of carbonyl (C=O) groups is 1. The fourth-order valence-electron chi connectivity index (χ4n) is 3.31. The average Bonchev–Trinajstić information content (AvgIpc) is 3.11. The van der Waals surface area contributed by atoms with Gasteiger partial charge in [0.1, 0.15) is 0 Å². The maximum absolute atomic E-state index is 12.4. The Labute approximate surface area is 146 Å². The molecule has 0 unspecified atom stereocenters. The van der Waals surface area contributed by atoms with Crippen LogP contribution in [0.5, 0.6) is 0 Å². The minimum absolute atomic E-state index is 0.133. The number of hydrogen-bond donors (Lipinski definition) is 1. The minimum Gasteiger partial charge on any atom is -0.361 e. The maximum atomic E-state index is 12.4. The van der Waals surface area contributed by atoms with Crippen LogP contribution >= 0.6 is 0 Å². The van der Waals surface area contributed by atoms with E-state index in [1.165, 1.54) is 16.5 Å². The van der Waals surface area contributed by atoms with Crippen LogP contribution in [0.15, 0.2) is 48.8 Å². The molecule has 6 nitrogen and oxygen atoms in total. The lowest BCUT2D eigenvalue weighted by molar-refractivity contribution is -0.132. The van der Waals surface area contributed by atoms with E-state index in [-0.39, 0.29) is 5.91 Å². The third kappa shape index (κ3) is 3.69. The molecule has 0 aliphatic carbocycles. The highest BCUT2D eigenvalue weighted by molar-refractivity contribution is 5.80. The Kier molecular flexibility index (Phi) is 4.43. The van der Waals surface area contributed by atoms with Crippen LogP contribution in [-0.4, -0.2) is 57.1 Å². The Morgan fingerprint density at radius 1 is 1.12 bits per heavy atom. The molecule has 0 radical (unpaired) electrons. The number of nitrogens with zero attached hydrogens (tertiary/aromatic N) is 4. The lowest BCUT2D eigenvalue weighted by Gasteiger charge is -2.34. The zero-order valence-electron chi connectivity index (χ0n) is 14.1. The monoisotopic (exact) mass is 335 g/mol. The van der Waals surface area contributed by atoms with Crippen LogP contribution in [0.2, 0.25) is 0 Å². The summed E-state index contributed by atoms with van der Waals surface area (Å²) < 4.78 is 0. The number of rotatable bonds is 4. The molecule has 1 aliphatic rings. The highest BCUT2D eigenvalue weighted by atomic mass is 16.2. The second-order valence-electron chi connectivity index (χ2n) is 6.45. The summed E-state index contributed by atoms with van der Waals surface area (Å²) in [5, 5.41) is 9.07. The van der Waals surface area contributed by atoms with Gasteiger partial charge < -0.3 is 9.88 Å². The van der Waals surface area contributed by atoms with Gasteiger partial charge in [-0.1, -0.05) is 6.07 Å². The van der Waals surface area contributed by atoms with Crippen molar-refractivity contribution in [2.45, 2.75) is 13.0 Å². The predicted molar refractivity (Wildman–Crippen MR) is 95.9 cm³/mol. The average molecular weight is 335 g/mol. The maximum Gasteiger partial charge on any atom is 0.228 e. The number of fused-ring (bicyclic) bond motifs is 1. The summed E-state index contributed by atoms with van der Waals surface area (Å²) in [6, 6.07) is 12.3. The van der Waals surface area contributed by atoms with Crippen molar-refractivity contribution < 1.29 is 4.79 Å². The van der Waals surface area contributed by atoms with E-state index in [2.05, 4.69) is 44.3 Å². The summed E-state index contributed by atoms with van der Waals surface area (Å²) in [6.07, 6.45) is 3.92. The number of aromatic amines is 1. The van der Waals surface area contributed by atoms with Crippen molar-refractivity contribution in [3.63, 3.8) is 0 Å². The van der Waals surface area contributed by atoms with E-state index in [0.717, 1.165) is 38.4 Å². The van der Waals surface area contributed by atoms with Crippen LogP contribution in [0.25, 0.3) is 10.9 Å². The van der Waals surface area contributed by atoms with E-state index >= 15 is 0 Å². The van der Waals surface area contributed by atoms with Crippen LogP contribution in [0.1, 0.15) is 11.3 Å². The van der Waals surface area contributed by atoms with E-state index in [9.17, 15) is 4.79 Å². The van der Waals surface area contributed by atoms with Crippen LogP contribution in [0.3, 0.4) is 0 Å². The fourth-order valence-corrected chi connectivity index (χ4v) is 3.31. The number of nitrogens with one attached hydrogen (secondary N) is 1. The number of hydrogen-bond acceptors (Lipinski definition) is 4. The van der Waals surface area contributed by atoms with E-state index < -0.39 is 0 Å². The molecule has 1 N–H and O–H groups in total. The third-order valence-corrected chi connectivity index (χ3v) is 4.71. The molecule has 25 heavy (non-hydrogen) atoms. The normalized spacial score (nSPS) is 15.6. The Morgan fingerprint density at radius 3 is 2.80 bits per heavy atom. The molecule has 1 saturated heterocycles. The molecule has 0 bridgehead atoms. The summed E-state index contributed by atoms with van der Waals surface area (Å²) in [5.41, 5.74) is 3.21. The number of amides is 1. The largest absolute Gasteiger partial charge is 0.361 e. The zero-order valence-corrected chi connectivity index (χ0v) is 14.1. The lowest BCUT2D eigenvalue weighted by Crippen LogP contribution is -2.48. The molecule has 2 aromatic heterocycles. The van der Waals surface area contributed by atoms with Crippen molar-refractivity contribution >= 4 is 16.8 Å². The quantitative estimate of drug-likeness (QED) is 0.790. The van der Waals surface area contributed by atoms with Gasteiger partial charge in [0.2, 0.25) is 5.91 Å². The molecule has 1 aliphatic heterocycles. The molecule has 0 atom stereocenters. The predicted octanol–water partition coefficient (Wildman–Crippen LogP) is 1.84. The molecule has 3 aromatic rings. The van der Waals surface area contributed by atoms with E-state index in [1.54, 1.807) is 6.20 Å². The topological polar surface area (TPSA) is 65.1 Å². The van der Waals surface area contributed by atoms with Crippen molar-refractivity contribution in [1.29, 1.82) is 0 Å². The zero-order chi connectivity index (χ0) is 17.1. The number of carbonyl (C=O) groups excluding carboxylic acids is 1. The highest BCUT2D eigenvalue weighted by Gasteiger charge is 2.21. The molecular formula is C19H21N5O. The Bertz CT molecular complexity index is 852. The molecule has 1 aromatic carbocycles. The molecule has 0 saturated carbocycles. The summed E-state index contributed by atoms with van der Waals surface area (Å²) in [5.74, 6) is 0.133. The molecule has 128 valence electrons. The smallest absolute Gasteiger partial charge is 0.228 e. The lowest BCUT2D eigenvalue weighted by atomic mass is 10.1. The van der Waals surface area contributed by atoms with Crippen molar-refractivity contribution in [3.05, 3.63) is 60.0 Å². The summed E-state index contributed by atoms with van der Waals surface area (Å²) in [4.78, 5) is 19.9. The summed E-state index contributed by atoms with van der Waals surface area (Å²) >= 11 is 0. The van der Waals surface area contributed by atoms with E-state index in [0.29, 0.717) is 6.42 Å². The Balaban J connectivity index is 1.31. The van der Waals surface area contributed by atoms with Gasteiger partial charge in [0.05, 0.1) is 12.1 Å². The summed E-state index contributed by atoms with van der Waals surface area (Å²) in [7, 11) is 0. The van der Waals surface area contributed by atoms with Crippen molar-refractivity contribution in [2.75, 3.05) is 26.2 Å². The molecule has 1 fully saturated rings. The first-order valence-corrected chi connectivity index (χ1v) is 8.61. The first-order valence-electron chi connectivity index (χ1n) is 8.61. The molecular weight excluding hydrogens is 314 g/mol. The second-order valence-corrected chi connectivity index (χ2v) is 6.45. The highest BCUT2D eigenvalue weighted by Crippen LogP contribution is 2.16. The van der Waals surface area contributed by atoms with Gasteiger partial charge in [-0.15, -0.1) is 0 Å². The fraction of sp³-hybridized carbons (Fsp3) is 0.316. The summed E-state index contributed by atoms with van der Waals surface area (Å²) in [6.45, 7) is 4.26. The number of H-pyrrole nitrogens is 1. The molecule has 0 spiro atoms. The third-order valence-electron chi connectivity index (χ3n) is 4.71. The van der Waals surface area contributed by atoms with Crippen molar-refractivity contribution in [1.82, 2.24) is 25.0 Å². The molecule has 4 rings (SSSR count). The van der Waals surface area contributed by atoms with Crippen LogP contribution < -0.4 is 0 Å². The standard InChI is InChI=1S/C19H21N5O/c25-19(13-17-2-1-6-21-22-17)24-10-8-23(9-11-24)14-15-3-4-18-16(12-15)5-7-20-18/h1-7,12,20H,8-11,13-14H2. The SMILES string of the molecule is O=C(Cc1cccnn1)N1CCN(Cc2ccc3[nH]ccc3c2)CC1. The molecule has 6 heteroatoms. The molecule has 3 heterocycles. The second kappa shape index (κ2) is 7.03. The van der Waals surface area contributed by atoms with E-state index in [1.807, 2.05) is 23.2 Å². The van der Waals surface area contributed by atoms with E-state index in [4.69, 9.17) is 0 Å². The molecule has 1 amide bonds. The van der Waals surface area contributed by atoms with Gasteiger partial charge in [0.15, 0.2) is 0 Å². The van der Waals surface area contributed by atoms with Gasteiger partial charge in [-0.2, -0.15) is 10.2 Å².